The van der Waals surface area contributed by atoms with Gasteiger partial charge in [-0.25, -0.2) is 4.98 Å². The van der Waals surface area contributed by atoms with Gasteiger partial charge in [0.1, 0.15) is 5.69 Å². The number of nitrogens with zero attached hydrogens (tertiary/aromatic N) is 8. The fourth-order valence-electron chi connectivity index (χ4n) is 4.82. The number of likely N-dealkylation sites (tertiary alicyclic amines) is 2. The van der Waals surface area contributed by atoms with Gasteiger partial charge < -0.3 is 9.80 Å². The molecule has 3 aromatic rings. The average molecular weight is 507 g/mol. The van der Waals surface area contributed by atoms with Crippen molar-refractivity contribution in [3.05, 3.63) is 60.0 Å². The van der Waals surface area contributed by atoms with Gasteiger partial charge in [-0.15, -0.1) is 5.10 Å². The van der Waals surface area contributed by atoms with E-state index in [-0.39, 0.29) is 5.92 Å². The van der Waals surface area contributed by atoms with Crippen LogP contribution in [0.1, 0.15) is 31.4 Å². The second kappa shape index (κ2) is 13.2. The van der Waals surface area contributed by atoms with Crippen molar-refractivity contribution in [2.75, 3.05) is 38.1 Å². The minimum Gasteiger partial charge on any atom is -0.355 e. The molecule has 36 heavy (non-hydrogen) atoms. The Morgan fingerprint density at radius 1 is 1.08 bits per heavy atom. The standard InChI is InChI=1S/C21H29N7OS.C5H5N/c1-22-19-4-3-9-23-20(19)26(2)18-7-12-28(13-8-18)21(29)16-5-10-27(11-6-16)14-17-15-30-25-24-17;1-2-4-6-5-3-1/h3-4,9,15-16,18H,1,5-8,10-14H2,2H3;1-5H. The van der Waals surface area contributed by atoms with Crippen LogP contribution in [-0.4, -0.2) is 81.2 Å². The fourth-order valence-corrected chi connectivity index (χ4v) is 5.26. The molecule has 0 N–H and O–H groups in total. The lowest BCUT2D eigenvalue weighted by atomic mass is 9.93. The maximum absolute atomic E-state index is 13.1. The average Bonchev–Trinajstić information content (AvgIpc) is 3.47. The van der Waals surface area contributed by atoms with E-state index in [0.29, 0.717) is 11.9 Å². The normalized spacial score (nSPS) is 17.2. The molecule has 5 rings (SSSR count). The molecule has 0 atom stereocenters. The van der Waals surface area contributed by atoms with Crippen LogP contribution in [0.15, 0.2) is 59.3 Å². The Bertz CT molecular complexity index is 1040. The first-order valence-electron chi connectivity index (χ1n) is 12.4. The van der Waals surface area contributed by atoms with Crippen LogP contribution in [0.5, 0.6) is 0 Å². The summed E-state index contributed by atoms with van der Waals surface area (Å²) in [5.41, 5.74) is 1.83. The second-order valence-electron chi connectivity index (χ2n) is 9.14. The monoisotopic (exact) mass is 506 g/mol. The summed E-state index contributed by atoms with van der Waals surface area (Å²) in [6.45, 7) is 8.00. The number of pyridine rings is 2. The van der Waals surface area contributed by atoms with Gasteiger partial charge in [0.25, 0.3) is 0 Å². The van der Waals surface area contributed by atoms with Crippen LogP contribution in [0.3, 0.4) is 0 Å². The molecule has 0 radical (unpaired) electrons. The zero-order valence-corrected chi connectivity index (χ0v) is 21.6. The number of carbonyl (C=O) groups is 1. The van der Waals surface area contributed by atoms with Crippen molar-refractivity contribution in [3.63, 3.8) is 0 Å². The van der Waals surface area contributed by atoms with Crippen molar-refractivity contribution in [2.24, 2.45) is 10.9 Å². The Morgan fingerprint density at radius 3 is 2.42 bits per heavy atom. The summed E-state index contributed by atoms with van der Waals surface area (Å²) in [5.74, 6) is 1.34. The van der Waals surface area contributed by atoms with E-state index in [9.17, 15) is 4.79 Å². The summed E-state index contributed by atoms with van der Waals surface area (Å²) in [7, 11) is 2.06. The van der Waals surface area contributed by atoms with E-state index in [1.165, 1.54) is 11.5 Å². The molecule has 0 unspecified atom stereocenters. The van der Waals surface area contributed by atoms with Gasteiger partial charge in [-0.1, -0.05) is 10.6 Å². The molecule has 3 aromatic heterocycles. The highest BCUT2D eigenvalue weighted by atomic mass is 32.1. The van der Waals surface area contributed by atoms with Crippen molar-refractivity contribution < 1.29 is 4.79 Å². The van der Waals surface area contributed by atoms with Crippen LogP contribution in [-0.2, 0) is 11.3 Å². The van der Waals surface area contributed by atoms with Gasteiger partial charge in [0.2, 0.25) is 5.91 Å². The molecule has 1 amide bonds. The lowest BCUT2D eigenvalue weighted by Crippen LogP contribution is -2.49. The Morgan fingerprint density at radius 2 is 1.83 bits per heavy atom. The lowest BCUT2D eigenvalue weighted by Gasteiger charge is -2.40. The molecule has 0 saturated carbocycles. The Hall–Kier alpha value is -3.24. The number of carbonyl (C=O) groups excluding carboxylic acids is 1. The van der Waals surface area contributed by atoms with Gasteiger partial charge in [0.15, 0.2) is 5.82 Å². The molecule has 0 aromatic carbocycles. The van der Waals surface area contributed by atoms with Gasteiger partial charge in [-0.2, -0.15) is 0 Å². The van der Waals surface area contributed by atoms with Crippen LogP contribution in [0, 0.1) is 5.92 Å². The van der Waals surface area contributed by atoms with Crippen molar-refractivity contribution in [3.8, 4) is 0 Å². The first-order valence-corrected chi connectivity index (χ1v) is 13.3. The minimum absolute atomic E-state index is 0.149. The van der Waals surface area contributed by atoms with Gasteiger partial charge in [0.05, 0.1) is 5.69 Å². The topological polar surface area (TPSA) is 90.7 Å². The number of hydrogen-bond acceptors (Lipinski definition) is 9. The Balaban J connectivity index is 0.000000445. The SMILES string of the molecule is C=Nc1cccnc1N(C)C1CCN(C(=O)C2CCN(Cc3csnn3)CC2)CC1.c1ccncc1. The third-order valence-electron chi connectivity index (χ3n) is 6.89. The summed E-state index contributed by atoms with van der Waals surface area (Å²) < 4.78 is 3.93. The highest BCUT2D eigenvalue weighted by molar-refractivity contribution is 7.03. The predicted octanol–water partition coefficient (Wildman–Crippen LogP) is 3.69. The molecule has 2 fully saturated rings. The van der Waals surface area contributed by atoms with Crippen molar-refractivity contribution in [1.82, 2.24) is 29.4 Å². The molecular formula is C26H34N8OS. The summed E-state index contributed by atoms with van der Waals surface area (Å²) in [5, 5.41) is 6.12. The van der Waals surface area contributed by atoms with E-state index in [4.69, 9.17) is 0 Å². The smallest absolute Gasteiger partial charge is 0.225 e. The highest BCUT2D eigenvalue weighted by Gasteiger charge is 2.32. The molecule has 9 nitrogen and oxygen atoms in total. The molecule has 2 aliphatic heterocycles. The maximum atomic E-state index is 13.1. The fraction of sp³-hybridized carbons (Fsp3) is 0.462. The highest BCUT2D eigenvalue weighted by Crippen LogP contribution is 2.29. The number of aliphatic imine (C=N–C) groups is 1. The van der Waals surface area contributed by atoms with Crippen LogP contribution < -0.4 is 4.90 Å². The van der Waals surface area contributed by atoms with E-state index in [0.717, 1.165) is 75.6 Å². The maximum Gasteiger partial charge on any atom is 0.225 e. The number of hydrogen-bond donors (Lipinski definition) is 0. The Labute approximate surface area is 217 Å². The summed E-state index contributed by atoms with van der Waals surface area (Å²) in [6, 6.07) is 9.88. The number of anilines is 1. The summed E-state index contributed by atoms with van der Waals surface area (Å²) in [4.78, 5) is 32.1. The number of rotatable bonds is 6. The zero-order chi connectivity index (χ0) is 25.2. The predicted molar refractivity (Wildman–Crippen MR) is 144 cm³/mol. The van der Waals surface area contributed by atoms with Gasteiger partial charge in [-0.05, 0) is 81.3 Å². The van der Waals surface area contributed by atoms with E-state index in [1.54, 1.807) is 18.6 Å². The van der Waals surface area contributed by atoms with Crippen LogP contribution in [0.2, 0.25) is 0 Å². The van der Waals surface area contributed by atoms with Crippen LogP contribution in [0.4, 0.5) is 11.5 Å². The number of amides is 1. The largest absolute Gasteiger partial charge is 0.355 e. The summed E-state index contributed by atoms with van der Waals surface area (Å²) >= 11 is 1.39. The van der Waals surface area contributed by atoms with Gasteiger partial charge in [-0.3, -0.25) is 19.7 Å². The molecule has 10 heteroatoms. The Kier molecular flexibility index (Phi) is 9.46. The van der Waals surface area contributed by atoms with E-state index >= 15 is 0 Å². The van der Waals surface area contributed by atoms with E-state index < -0.39 is 0 Å². The third kappa shape index (κ3) is 6.92. The summed E-state index contributed by atoms with van der Waals surface area (Å²) in [6.07, 6.45) is 9.05. The van der Waals surface area contributed by atoms with Crippen LogP contribution >= 0.6 is 11.5 Å². The van der Waals surface area contributed by atoms with Crippen LogP contribution in [0.25, 0.3) is 0 Å². The van der Waals surface area contributed by atoms with Crippen molar-refractivity contribution >= 4 is 35.7 Å². The minimum atomic E-state index is 0.149. The molecule has 0 bridgehead atoms. The van der Waals surface area contributed by atoms with E-state index in [1.807, 2.05) is 35.7 Å². The quantitative estimate of drug-likeness (QED) is 0.471. The van der Waals surface area contributed by atoms with E-state index in [2.05, 4.69) is 53.0 Å². The molecule has 190 valence electrons. The van der Waals surface area contributed by atoms with Crippen molar-refractivity contribution in [1.29, 1.82) is 0 Å². The van der Waals surface area contributed by atoms with Gasteiger partial charge in [0, 0.05) is 62.6 Å². The molecule has 0 spiro atoms. The second-order valence-corrected chi connectivity index (χ2v) is 9.75. The zero-order valence-electron chi connectivity index (χ0n) is 20.8. The lowest BCUT2D eigenvalue weighted by molar-refractivity contribution is -0.138. The molecule has 2 saturated heterocycles. The molecule has 0 aliphatic carbocycles. The number of piperidine rings is 2. The van der Waals surface area contributed by atoms with Gasteiger partial charge >= 0.3 is 0 Å². The molecule has 5 heterocycles. The molecular weight excluding hydrogens is 472 g/mol. The molecule has 2 aliphatic rings. The third-order valence-corrected chi connectivity index (χ3v) is 7.44. The first-order chi connectivity index (χ1) is 17.7. The van der Waals surface area contributed by atoms with Crippen molar-refractivity contribution in [2.45, 2.75) is 38.3 Å². The number of aromatic nitrogens is 4. The first kappa shape index (κ1) is 25.8.